The number of imidazole rings is 1. The second-order valence-corrected chi connectivity index (χ2v) is 2.27. The molecular formula is C7H12N2O. The van der Waals surface area contributed by atoms with Crippen LogP contribution in [0, 0.1) is 6.92 Å². The molecule has 0 unspecified atom stereocenters. The summed E-state index contributed by atoms with van der Waals surface area (Å²) in [5.41, 5.74) is 2.11. The molecule has 2 N–H and O–H groups in total. The second kappa shape index (κ2) is 2.84. The maximum atomic E-state index is 8.68. The number of nitrogens with one attached hydrogen (secondary N) is 1. The minimum atomic E-state index is 0.000833. The van der Waals surface area contributed by atoms with Crippen molar-refractivity contribution in [1.29, 1.82) is 0 Å². The van der Waals surface area contributed by atoms with E-state index in [-0.39, 0.29) is 6.61 Å². The van der Waals surface area contributed by atoms with Crippen LogP contribution in [-0.2, 0) is 13.0 Å². The summed E-state index contributed by atoms with van der Waals surface area (Å²) < 4.78 is 0. The highest BCUT2D eigenvalue weighted by atomic mass is 16.3. The number of aryl methyl sites for hydroxylation is 2. The molecule has 3 nitrogen and oxygen atoms in total. The molecule has 0 aliphatic rings. The highest BCUT2D eigenvalue weighted by Crippen LogP contribution is 2.04. The van der Waals surface area contributed by atoms with E-state index in [1.54, 1.807) is 0 Å². The van der Waals surface area contributed by atoms with Crippen LogP contribution in [-0.4, -0.2) is 15.1 Å². The fourth-order valence-electron chi connectivity index (χ4n) is 0.982. The highest BCUT2D eigenvalue weighted by molar-refractivity contribution is 5.12. The zero-order chi connectivity index (χ0) is 7.56. The van der Waals surface area contributed by atoms with E-state index in [4.69, 9.17) is 5.11 Å². The smallest absolute Gasteiger partial charge is 0.132 e. The minimum absolute atomic E-state index is 0.000833. The van der Waals surface area contributed by atoms with Crippen molar-refractivity contribution in [1.82, 2.24) is 9.97 Å². The first kappa shape index (κ1) is 7.28. The number of H-pyrrole nitrogens is 1. The lowest BCUT2D eigenvalue weighted by atomic mass is 10.3. The number of aromatic amines is 1. The Labute approximate surface area is 60.1 Å². The van der Waals surface area contributed by atoms with Gasteiger partial charge in [-0.1, -0.05) is 6.92 Å². The minimum Gasteiger partial charge on any atom is -0.388 e. The zero-order valence-electron chi connectivity index (χ0n) is 6.31. The van der Waals surface area contributed by atoms with Gasteiger partial charge in [-0.3, -0.25) is 0 Å². The standard InChI is InChI=1S/C7H12N2O/c1-3-6-5(2)8-7(4-10)9-6/h10H,3-4H2,1-2H3,(H,8,9). The molecule has 0 spiro atoms. The summed E-state index contributed by atoms with van der Waals surface area (Å²) in [4.78, 5) is 7.13. The van der Waals surface area contributed by atoms with Crippen LogP contribution >= 0.6 is 0 Å². The molecule has 0 fully saturated rings. The molecule has 0 radical (unpaired) electrons. The summed E-state index contributed by atoms with van der Waals surface area (Å²) in [7, 11) is 0. The Morgan fingerprint density at radius 1 is 1.60 bits per heavy atom. The number of rotatable bonds is 2. The topological polar surface area (TPSA) is 48.9 Å². The molecule has 1 aromatic heterocycles. The Morgan fingerprint density at radius 2 is 2.30 bits per heavy atom. The third-order valence-corrected chi connectivity index (χ3v) is 1.52. The summed E-state index contributed by atoms with van der Waals surface area (Å²) in [6.07, 6.45) is 0.919. The lowest BCUT2D eigenvalue weighted by Crippen LogP contribution is -1.85. The molecule has 1 aromatic rings. The lowest BCUT2D eigenvalue weighted by molar-refractivity contribution is 0.272. The second-order valence-electron chi connectivity index (χ2n) is 2.27. The molecule has 0 saturated heterocycles. The SMILES string of the molecule is CCc1nc(CO)[nH]c1C. The van der Waals surface area contributed by atoms with Gasteiger partial charge in [0.05, 0.1) is 5.69 Å². The average molecular weight is 140 g/mol. The van der Waals surface area contributed by atoms with Gasteiger partial charge in [-0.05, 0) is 13.3 Å². The van der Waals surface area contributed by atoms with E-state index in [0.29, 0.717) is 5.82 Å². The molecule has 56 valence electrons. The highest BCUT2D eigenvalue weighted by Gasteiger charge is 2.01. The predicted octanol–water partition coefficient (Wildman–Crippen LogP) is 0.773. The fourth-order valence-corrected chi connectivity index (χ4v) is 0.982. The van der Waals surface area contributed by atoms with E-state index < -0.39 is 0 Å². The van der Waals surface area contributed by atoms with Gasteiger partial charge in [0.25, 0.3) is 0 Å². The molecule has 0 aromatic carbocycles. The number of hydrogen-bond acceptors (Lipinski definition) is 2. The van der Waals surface area contributed by atoms with Crippen LogP contribution in [0.25, 0.3) is 0 Å². The molecule has 1 rings (SSSR count). The number of aliphatic hydroxyl groups is 1. The van der Waals surface area contributed by atoms with Gasteiger partial charge in [0.2, 0.25) is 0 Å². The quantitative estimate of drug-likeness (QED) is 0.637. The molecule has 0 saturated carbocycles. The summed E-state index contributed by atoms with van der Waals surface area (Å²) >= 11 is 0. The number of nitrogens with zero attached hydrogens (tertiary/aromatic N) is 1. The predicted molar refractivity (Wildman–Crippen MR) is 38.6 cm³/mol. The largest absolute Gasteiger partial charge is 0.388 e. The van der Waals surface area contributed by atoms with E-state index >= 15 is 0 Å². The van der Waals surface area contributed by atoms with Gasteiger partial charge < -0.3 is 10.1 Å². The Balaban J connectivity index is 2.92. The Bertz CT molecular complexity index is 217. The molecule has 0 amide bonds. The van der Waals surface area contributed by atoms with E-state index in [1.807, 2.05) is 13.8 Å². The Kier molecular flexibility index (Phi) is 2.06. The van der Waals surface area contributed by atoms with Gasteiger partial charge in [-0.15, -0.1) is 0 Å². The summed E-state index contributed by atoms with van der Waals surface area (Å²) in [6.45, 7) is 4.01. The van der Waals surface area contributed by atoms with Crippen molar-refractivity contribution < 1.29 is 5.11 Å². The van der Waals surface area contributed by atoms with E-state index in [0.717, 1.165) is 17.8 Å². The first-order valence-electron chi connectivity index (χ1n) is 3.43. The summed E-state index contributed by atoms with van der Waals surface area (Å²) in [5.74, 6) is 0.661. The summed E-state index contributed by atoms with van der Waals surface area (Å²) in [5, 5.41) is 8.68. The van der Waals surface area contributed by atoms with Crippen molar-refractivity contribution >= 4 is 0 Å². The van der Waals surface area contributed by atoms with Crippen LogP contribution in [0.4, 0.5) is 0 Å². The molecule has 10 heavy (non-hydrogen) atoms. The van der Waals surface area contributed by atoms with E-state index in [1.165, 1.54) is 0 Å². The zero-order valence-corrected chi connectivity index (χ0v) is 6.31. The van der Waals surface area contributed by atoms with Gasteiger partial charge in [-0.2, -0.15) is 0 Å². The van der Waals surface area contributed by atoms with Crippen molar-refractivity contribution in [3.05, 3.63) is 17.2 Å². The Hall–Kier alpha value is -0.830. The molecule has 0 aliphatic carbocycles. The van der Waals surface area contributed by atoms with Crippen molar-refractivity contribution in [2.45, 2.75) is 26.9 Å². The van der Waals surface area contributed by atoms with Crippen molar-refractivity contribution in [3.63, 3.8) is 0 Å². The van der Waals surface area contributed by atoms with Crippen LogP contribution in [0.1, 0.15) is 24.1 Å². The van der Waals surface area contributed by atoms with Crippen LogP contribution < -0.4 is 0 Å². The maximum Gasteiger partial charge on any atom is 0.132 e. The molecule has 3 heteroatoms. The fraction of sp³-hybridized carbons (Fsp3) is 0.571. The third kappa shape index (κ3) is 1.19. The third-order valence-electron chi connectivity index (χ3n) is 1.52. The van der Waals surface area contributed by atoms with Crippen molar-refractivity contribution in [2.75, 3.05) is 0 Å². The van der Waals surface area contributed by atoms with Crippen LogP contribution in [0.3, 0.4) is 0 Å². The first-order chi connectivity index (χ1) is 4.77. The van der Waals surface area contributed by atoms with Gasteiger partial charge in [0, 0.05) is 5.69 Å². The van der Waals surface area contributed by atoms with Gasteiger partial charge in [0.1, 0.15) is 12.4 Å². The molecule has 0 aliphatic heterocycles. The van der Waals surface area contributed by atoms with Crippen molar-refractivity contribution in [2.24, 2.45) is 0 Å². The van der Waals surface area contributed by atoms with Crippen LogP contribution in [0.15, 0.2) is 0 Å². The maximum absolute atomic E-state index is 8.68. The summed E-state index contributed by atoms with van der Waals surface area (Å²) in [6, 6.07) is 0. The van der Waals surface area contributed by atoms with Crippen LogP contribution in [0.5, 0.6) is 0 Å². The lowest BCUT2D eigenvalue weighted by Gasteiger charge is -1.86. The van der Waals surface area contributed by atoms with Gasteiger partial charge >= 0.3 is 0 Å². The Morgan fingerprint density at radius 3 is 2.60 bits per heavy atom. The average Bonchev–Trinajstić information content (AvgIpc) is 2.30. The molecule has 0 bridgehead atoms. The normalized spacial score (nSPS) is 10.3. The van der Waals surface area contributed by atoms with Crippen molar-refractivity contribution in [3.8, 4) is 0 Å². The molecular weight excluding hydrogens is 128 g/mol. The van der Waals surface area contributed by atoms with Crippen LogP contribution in [0.2, 0.25) is 0 Å². The number of aliphatic hydroxyl groups excluding tert-OH is 1. The monoisotopic (exact) mass is 140 g/mol. The first-order valence-corrected chi connectivity index (χ1v) is 3.43. The van der Waals surface area contributed by atoms with Gasteiger partial charge in [0.15, 0.2) is 0 Å². The van der Waals surface area contributed by atoms with Gasteiger partial charge in [-0.25, -0.2) is 4.98 Å². The molecule has 1 heterocycles. The molecule has 0 atom stereocenters. The number of hydrogen-bond donors (Lipinski definition) is 2. The number of aromatic nitrogens is 2. The van der Waals surface area contributed by atoms with E-state index in [2.05, 4.69) is 9.97 Å². The van der Waals surface area contributed by atoms with E-state index in [9.17, 15) is 0 Å².